The van der Waals surface area contributed by atoms with Gasteiger partial charge in [0, 0.05) is 0 Å². The molecule has 2 heteroatoms. The minimum Gasteiger partial charge on any atom is -0.494 e. The van der Waals surface area contributed by atoms with E-state index in [0.29, 0.717) is 17.6 Å². The smallest absolute Gasteiger partial charge is 0.165 e. The fraction of sp³-hybridized carbons (Fsp3) is 0.667. The second-order valence-electron chi connectivity index (χ2n) is 8.46. The molecule has 0 radical (unpaired) electrons. The van der Waals surface area contributed by atoms with Crippen molar-refractivity contribution in [1.82, 2.24) is 0 Å². The quantitative estimate of drug-likeness (QED) is 0.466. The summed E-state index contributed by atoms with van der Waals surface area (Å²) in [5.41, 5.74) is 1.19. The molecule has 0 aliphatic heterocycles. The monoisotopic (exact) mass is 358 g/mol. The highest BCUT2D eigenvalue weighted by atomic mass is 19.1. The molecule has 0 saturated heterocycles. The predicted molar refractivity (Wildman–Crippen MR) is 107 cm³/mol. The Hall–Kier alpha value is -1.31. The summed E-state index contributed by atoms with van der Waals surface area (Å²) in [5.74, 6) is 3.03. The predicted octanol–water partition coefficient (Wildman–Crippen LogP) is 7.27. The zero-order chi connectivity index (χ0) is 18.4. The van der Waals surface area contributed by atoms with Crippen molar-refractivity contribution in [2.24, 2.45) is 17.8 Å². The molecule has 1 nitrogen and oxygen atoms in total. The van der Waals surface area contributed by atoms with Gasteiger partial charge in [0.1, 0.15) is 0 Å². The van der Waals surface area contributed by atoms with Gasteiger partial charge in [0.2, 0.25) is 0 Å². The van der Waals surface area contributed by atoms with E-state index in [-0.39, 0.29) is 5.82 Å². The minimum absolute atomic E-state index is 0.210. The molecule has 26 heavy (non-hydrogen) atoms. The van der Waals surface area contributed by atoms with Crippen molar-refractivity contribution in [3.63, 3.8) is 0 Å². The van der Waals surface area contributed by atoms with Gasteiger partial charge >= 0.3 is 0 Å². The van der Waals surface area contributed by atoms with E-state index < -0.39 is 0 Å². The number of methoxy groups -OCH3 is 1. The first-order valence-corrected chi connectivity index (χ1v) is 10.7. The fourth-order valence-corrected chi connectivity index (χ4v) is 5.23. The number of hydrogen-bond donors (Lipinski definition) is 0. The molecule has 1 aromatic carbocycles. The van der Waals surface area contributed by atoms with Gasteiger partial charge in [-0.2, -0.15) is 0 Å². The van der Waals surface area contributed by atoms with E-state index in [0.717, 1.165) is 11.8 Å². The van der Waals surface area contributed by atoms with E-state index in [9.17, 15) is 4.39 Å². The molecule has 0 spiro atoms. The molecule has 3 rings (SSSR count). The maximum atomic E-state index is 14.4. The van der Waals surface area contributed by atoms with Crippen LogP contribution in [0.3, 0.4) is 0 Å². The van der Waals surface area contributed by atoms with Gasteiger partial charge < -0.3 is 4.74 Å². The number of halogens is 1. The van der Waals surface area contributed by atoms with Gasteiger partial charge in [0.05, 0.1) is 7.11 Å². The van der Waals surface area contributed by atoms with Gasteiger partial charge in [-0.15, -0.1) is 0 Å². The first kappa shape index (κ1) is 19.5. The molecule has 0 bridgehead atoms. The van der Waals surface area contributed by atoms with E-state index in [1.54, 1.807) is 13.2 Å². The van der Waals surface area contributed by atoms with Crippen LogP contribution in [0.2, 0.25) is 0 Å². The molecular formula is C24H35FO. The second kappa shape index (κ2) is 9.58. The molecule has 0 aromatic heterocycles. The lowest BCUT2D eigenvalue weighted by atomic mass is 9.69. The standard InChI is InChI=1S/C24H35FO/c1-3-7-18-10-12-20(13-11-18)22(16-19-8-5-4-6-9-19)21-14-15-24(26-2)23(25)17-21/h4-5,14-15,17-20,22H,3,6-13,16H2,1-2H3. The number of allylic oxidation sites excluding steroid dienone is 2. The van der Waals surface area contributed by atoms with Gasteiger partial charge in [-0.1, -0.05) is 50.8 Å². The van der Waals surface area contributed by atoms with Crippen LogP contribution in [0.1, 0.15) is 82.6 Å². The highest BCUT2D eigenvalue weighted by Gasteiger charge is 2.30. The molecule has 2 unspecified atom stereocenters. The molecule has 0 heterocycles. The summed E-state index contributed by atoms with van der Waals surface area (Å²) < 4.78 is 19.5. The molecule has 2 aliphatic carbocycles. The lowest BCUT2D eigenvalue weighted by molar-refractivity contribution is 0.211. The van der Waals surface area contributed by atoms with Crippen LogP contribution < -0.4 is 4.74 Å². The number of rotatable bonds is 7. The molecule has 2 aliphatic rings. The Morgan fingerprint density at radius 2 is 1.88 bits per heavy atom. The SMILES string of the molecule is CCCC1CCC(C(CC2CC=CCC2)c2ccc(OC)c(F)c2)CC1. The summed E-state index contributed by atoms with van der Waals surface area (Å²) in [7, 11) is 1.54. The average molecular weight is 359 g/mol. The zero-order valence-corrected chi connectivity index (χ0v) is 16.6. The van der Waals surface area contributed by atoms with Crippen LogP contribution >= 0.6 is 0 Å². The van der Waals surface area contributed by atoms with Gasteiger partial charge in [-0.3, -0.25) is 0 Å². The summed E-state index contributed by atoms with van der Waals surface area (Å²) in [6, 6.07) is 5.69. The van der Waals surface area contributed by atoms with E-state index in [1.807, 2.05) is 6.07 Å². The second-order valence-corrected chi connectivity index (χ2v) is 8.46. The van der Waals surface area contributed by atoms with Crippen LogP contribution in [0, 0.1) is 23.6 Å². The Kier molecular flexibility index (Phi) is 7.16. The van der Waals surface area contributed by atoms with Crippen molar-refractivity contribution < 1.29 is 9.13 Å². The van der Waals surface area contributed by atoms with Gasteiger partial charge in [-0.05, 0) is 79.9 Å². The third-order valence-electron chi connectivity index (χ3n) is 6.73. The van der Waals surface area contributed by atoms with Crippen molar-refractivity contribution in [3.8, 4) is 5.75 Å². The van der Waals surface area contributed by atoms with E-state index in [2.05, 4.69) is 25.1 Å². The Morgan fingerprint density at radius 3 is 2.50 bits per heavy atom. The Balaban J connectivity index is 1.75. The van der Waals surface area contributed by atoms with Crippen molar-refractivity contribution in [2.75, 3.05) is 7.11 Å². The largest absolute Gasteiger partial charge is 0.494 e. The molecule has 1 saturated carbocycles. The summed E-state index contributed by atoms with van der Waals surface area (Å²) in [6.07, 6.45) is 17.6. The molecule has 0 amide bonds. The van der Waals surface area contributed by atoms with Crippen molar-refractivity contribution in [3.05, 3.63) is 41.7 Å². The normalized spacial score (nSPS) is 27.3. The third-order valence-corrected chi connectivity index (χ3v) is 6.73. The summed E-state index contributed by atoms with van der Waals surface area (Å²) in [6.45, 7) is 2.30. The molecule has 2 atom stereocenters. The van der Waals surface area contributed by atoms with Gasteiger partial charge in [0.25, 0.3) is 0 Å². The van der Waals surface area contributed by atoms with Crippen LogP contribution in [-0.2, 0) is 0 Å². The Labute approximate surface area is 159 Å². The lowest BCUT2D eigenvalue weighted by Crippen LogP contribution is -2.23. The van der Waals surface area contributed by atoms with E-state index in [4.69, 9.17) is 4.74 Å². The Bertz CT molecular complexity index is 586. The summed E-state index contributed by atoms with van der Waals surface area (Å²) in [5, 5.41) is 0. The highest BCUT2D eigenvalue weighted by molar-refractivity contribution is 5.32. The van der Waals surface area contributed by atoms with Crippen molar-refractivity contribution in [2.45, 2.75) is 77.0 Å². The lowest BCUT2D eigenvalue weighted by Gasteiger charge is -2.36. The summed E-state index contributed by atoms with van der Waals surface area (Å²) >= 11 is 0. The maximum absolute atomic E-state index is 14.4. The first-order valence-electron chi connectivity index (χ1n) is 10.7. The van der Waals surface area contributed by atoms with Gasteiger partial charge in [-0.25, -0.2) is 4.39 Å². The van der Waals surface area contributed by atoms with Crippen LogP contribution in [-0.4, -0.2) is 7.11 Å². The third kappa shape index (κ3) is 4.90. The maximum Gasteiger partial charge on any atom is 0.165 e. The van der Waals surface area contributed by atoms with Gasteiger partial charge in [0.15, 0.2) is 11.6 Å². The number of ether oxygens (including phenoxy) is 1. The van der Waals surface area contributed by atoms with Crippen molar-refractivity contribution in [1.29, 1.82) is 0 Å². The number of hydrogen-bond acceptors (Lipinski definition) is 1. The topological polar surface area (TPSA) is 9.23 Å². The minimum atomic E-state index is -0.210. The molecule has 1 aromatic rings. The van der Waals surface area contributed by atoms with Crippen molar-refractivity contribution >= 4 is 0 Å². The highest BCUT2D eigenvalue weighted by Crippen LogP contribution is 2.44. The van der Waals surface area contributed by atoms with Crippen LogP contribution in [0.5, 0.6) is 5.75 Å². The average Bonchev–Trinajstić information content (AvgIpc) is 2.68. The zero-order valence-electron chi connectivity index (χ0n) is 16.6. The van der Waals surface area contributed by atoms with E-state index in [1.165, 1.54) is 69.8 Å². The molecule has 0 N–H and O–H groups in total. The fourth-order valence-electron chi connectivity index (χ4n) is 5.23. The van der Waals surface area contributed by atoms with Crippen LogP contribution in [0.4, 0.5) is 4.39 Å². The molecular weight excluding hydrogens is 323 g/mol. The van der Waals surface area contributed by atoms with Crippen LogP contribution in [0.25, 0.3) is 0 Å². The Morgan fingerprint density at radius 1 is 1.08 bits per heavy atom. The summed E-state index contributed by atoms with van der Waals surface area (Å²) in [4.78, 5) is 0. The molecule has 1 fully saturated rings. The first-order chi connectivity index (χ1) is 12.7. The molecule has 144 valence electrons. The van der Waals surface area contributed by atoms with E-state index >= 15 is 0 Å². The van der Waals surface area contributed by atoms with Crippen LogP contribution in [0.15, 0.2) is 30.4 Å². The number of benzene rings is 1.